The molecular formula is C76H151NO5. The number of esters is 1. The molecule has 0 aliphatic rings. The molecule has 0 spiro atoms. The van der Waals surface area contributed by atoms with Crippen LogP contribution in [0.4, 0.5) is 0 Å². The van der Waals surface area contributed by atoms with Gasteiger partial charge in [0, 0.05) is 12.8 Å². The highest BCUT2D eigenvalue weighted by atomic mass is 16.5. The Morgan fingerprint density at radius 3 is 0.744 bits per heavy atom. The molecule has 0 radical (unpaired) electrons. The Labute approximate surface area is 515 Å². The van der Waals surface area contributed by atoms with Crippen LogP contribution < -0.4 is 5.32 Å². The fraction of sp³-hybridized carbons (Fsp3) is 0.974. The van der Waals surface area contributed by atoms with Crippen LogP contribution in [0.2, 0.25) is 0 Å². The highest BCUT2D eigenvalue weighted by Gasteiger charge is 2.20. The molecule has 0 fully saturated rings. The van der Waals surface area contributed by atoms with E-state index in [2.05, 4.69) is 19.2 Å². The van der Waals surface area contributed by atoms with Gasteiger partial charge in [0.05, 0.1) is 25.4 Å². The van der Waals surface area contributed by atoms with Gasteiger partial charge in [-0.1, -0.05) is 412 Å². The lowest BCUT2D eigenvalue weighted by Crippen LogP contribution is -2.45. The third-order valence-corrected chi connectivity index (χ3v) is 18.4. The topological polar surface area (TPSA) is 95.9 Å². The Bertz CT molecular complexity index is 1200. The van der Waals surface area contributed by atoms with Gasteiger partial charge in [0.2, 0.25) is 5.91 Å². The van der Waals surface area contributed by atoms with Gasteiger partial charge in [-0.05, 0) is 25.7 Å². The van der Waals surface area contributed by atoms with E-state index < -0.39 is 12.1 Å². The Balaban J connectivity index is 3.29. The molecular weight excluding hydrogens is 1010 g/mol. The van der Waals surface area contributed by atoms with E-state index in [0.29, 0.717) is 25.9 Å². The van der Waals surface area contributed by atoms with Gasteiger partial charge >= 0.3 is 5.97 Å². The van der Waals surface area contributed by atoms with Crippen LogP contribution in [0.5, 0.6) is 0 Å². The van der Waals surface area contributed by atoms with E-state index in [1.165, 1.54) is 379 Å². The third kappa shape index (κ3) is 68.0. The predicted octanol–water partition coefficient (Wildman–Crippen LogP) is 24.9. The van der Waals surface area contributed by atoms with E-state index in [9.17, 15) is 19.8 Å². The fourth-order valence-corrected chi connectivity index (χ4v) is 12.6. The van der Waals surface area contributed by atoms with Crippen molar-refractivity contribution in [2.75, 3.05) is 13.2 Å². The molecule has 0 aromatic rings. The molecule has 0 aliphatic heterocycles. The summed E-state index contributed by atoms with van der Waals surface area (Å²) in [6.45, 7) is 5.01. The van der Waals surface area contributed by atoms with Crippen LogP contribution >= 0.6 is 0 Å². The van der Waals surface area contributed by atoms with Crippen molar-refractivity contribution in [3.63, 3.8) is 0 Å². The largest absolute Gasteiger partial charge is 0.466 e. The molecule has 1 amide bonds. The lowest BCUT2D eigenvalue weighted by Gasteiger charge is -2.22. The zero-order valence-electron chi connectivity index (χ0n) is 56.3. The van der Waals surface area contributed by atoms with Crippen molar-refractivity contribution in [1.29, 1.82) is 0 Å². The second kappa shape index (κ2) is 72.3. The SMILES string of the molecule is CCCCCCCCCCCCCCCCCCCC(O)C(CO)NC(=O)CCCCCCCCCCCCCCCCCCCCCCCCCCCCCCCCCCCCCOC(=O)CCCCCCCCCCCCCCC. The van der Waals surface area contributed by atoms with Crippen molar-refractivity contribution in [2.45, 2.75) is 463 Å². The number of aliphatic hydroxyl groups is 2. The first-order valence-electron chi connectivity index (χ1n) is 38.3. The van der Waals surface area contributed by atoms with Crippen molar-refractivity contribution in [3.8, 4) is 0 Å². The Kier molecular flexibility index (Phi) is 71.3. The van der Waals surface area contributed by atoms with Gasteiger partial charge in [-0.3, -0.25) is 9.59 Å². The zero-order chi connectivity index (χ0) is 59.2. The molecule has 0 aliphatic carbocycles. The molecule has 6 nitrogen and oxygen atoms in total. The van der Waals surface area contributed by atoms with E-state index in [4.69, 9.17) is 4.74 Å². The van der Waals surface area contributed by atoms with Gasteiger partial charge in [-0.2, -0.15) is 0 Å². The van der Waals surface area contributed by atoms with Gasteiger partial charge in [-0.15, -0.1) is 0 Å². The minimum atomic E-state index is -0.660. The number of hydrogen-bond acceptors (Lipinski definition) is 5. The second-order valence-corrected chi connectivity index (χ2v) is 26.7. The summed E-state index contributed by atoms with van der Waals surface area (Å²) < 4.78 is 5.50. The molecule has 0 aromatic heterocycles. The van der Waals surface area contributed by atoms with Gasteiger partial charge < -0.3 is 20.3 Å². The number of unbranched alkanes of at least 4 members (excludes halogenated alkanes) is 62. The van der Waals surface area contributed by atoms with Crippen LogP contribution in [0.25, 0.3) is 0 Å². The van der Waals surface area contributed by atoms with Gasteiger partial charge in [0.25, 0.3) is 0 Å². The maximum Gasteiger partial charge on any atom is 0.305 e. The maximum absolute atomic E-state index is 12.5. The summed E-state index contributed by atoms with van der Waals surface area (Å²) in [6, 6.07) is -0.536. The number of ether oxygens (including phenoxy) is 1. The predicted molar refractivity (Wildman–Crippen MR) is 361 cm³/mol. The van der Waals surface area contributed by atoms with Crippen LogP contribution in [-0.4, -0.2) is 47.4 Å². The van der Waals surface area contributed by atoms with Crippen molar-refractivity contribution in [2.24, 2.45) is 0 Å². The first-order chi connectivity index (χ1) is 40.5. The molecule has 0 heterocycles. The molecule has 0 saturated carbocycles. The third-order valence-electron chi connectivity index (χ3n) is 18.4. The monoisotopic (exact) mass is 1160 g/mol. The molecule has 0 bridgehead atoms. The molecule has 490 valence electrons. The number of carbonyl (C=O) groups is 2. The normalized spacial score (nSPS) is 12.4. The molecule has 0 rings (SSSR count). The van der Waals surface area contributed by atoms with Gasteiger partial charge in [0.1, 0.15) is 0 Å². The summed E-state index contributed by atoms with van der Waals surface area (Å²) in [5.74, 6) is 0.000590. The average Bonchev–Trinajstić information content (AvgIpc) is 3.48. The smallest absolute Gasteiger partial charge is 0.305 e. The summed E-state index contributed by atoms with van der Waals surface area (Å²) in [7, 11) is 0. The fourth-order valence-electron chi connectivity index (χ4n) is 12.6. The van der Waals surface area contributed by atoms with Crippen LogP contribution in [0.1, 0.15) is 450 Å². The summed E-state index contributed by atoms with van der Waals surface area (Å²) in [5.41, 5.74) is 0. The molecule has 0 aromatic carbocycles. The Morgan fingerprint density at radius 1 is 0.293 bits per heavy atom. The van der Waals surface area contributed by atoms with E-state index in [1.54, 1.807) is 0 Å². The van der Waals surface area contributed by atoms with E-state index in [1.807, 2.05) is 0 Å². The number of rotatable bonds is 73. The molecule has 3 N–H and O–H groups in total. The highest BCUT2D eigenvalue weighted by molar-refractivity contribution is 5.76. The van der Waals surface area contributed by atoms with Crippen LogP contribution in [0, 0.1) is 0 Å². The van der Waals surface area contributed by atoms with E-state index in [0.717, 1.165) is 38.5 Å². The minimum absolute atomic E-state index is 0.0248. The van der Waals surface area contributed by atoms with Crippen molar-refractivity contribution in [3.05, 3.63) is 0 Å². The number of amides is 1. The number of carbonyl (C=O) groups excluding carboxylic acids is 2. The molecule has 82 heavy (non-hydrogen) atoms. The standard InChI is InChI=1S/C76H151NO5/c1-3-5-7-9-11-13-15-17-18-38-41-45-48-52-56-60-64-68-74(79)73(72-78)77-75(80)69-65-61-57-53-49-46-42-39-36-34-32-30-28-26-24-22-20-19-21-23-25-27-29-31-33-35-37-40-43-47-51-55-59-63-67-71-82-76(81)70-66-62-58-54-50-44-16-14-12-10-8-6-4-2/h73-74,78-79H,3-72H2,1-2H3,(H,77,80). The second-order valence-electron chi connectivity index (χ2n) is 26.7. The van der Waals surface area contributed by atoms with Crippen molar-refractivity contribution in [1.82, 2.24) is 5.32 Å². The van der Waals surface area contributed by atoms with Crippen LogP contribution in [0.15, 0.2) is 0 Å². The summed E-state index contributed by atoms with van der Waals surface area (Å²) in [4.78, 5) is 24.6. The van der Waals surface area contributed by atoms with Crippen LogP contribution in [0.3, 0.4) is 0 Å². The van der Waals surface area contributed by atoms with Crippen molar-refractivity contribution >= 4 is 11.9 Å². The van der Waals surface area contributed by atoms with Gasteiger partial charge in [-0.25, -0.2) is 0 Å². The summed E-state index contributed by atoms with van der Waals surface area (Å²) >= 11 is 0. The number of hydrogen-bond donors (Lipinski definition) is 3. The lowest BCUT2D eigenvalue weighted by atomic mass is 10.0. The quantitative estimate of drug-likeness (QED) is 0.0417. The molecule has 6 heteroatoms. The highest BCUT2D eigenvalue weighted by Crippen LogP contribution is 2.20. The lowest BCUT2D eigenvalue weighted by molar-refractivity contribution is -0.143. The molecule has 2 atom stereocenters. The molecule has 0 saturated heterocycles. The van der Waals surface area contributed by atoms with E-state index in [-0.39, 0.29) is 18.5 Å². The Hall–Kier alpha value is -1.14. The first-order valence-corrected chi connectivity index (χ1v) is 38.3. The zero-order valence-corrected chi connectivity index (χ0v) is 56.3. The minimum Gasteiger partial charge on any atom is -0.466 e. The molecule has 2 unspecified atom stereocenters. The summed E-state index contributed by atoms with van der Waals surface area (Å²) in [6.07, 6.45) is 89.0. The summed E-state index contributed by atoms with van der Waals surface area (Å²) in [5, 5.41) is 23.4. The van der Waals surface area contributed by atoms with E-state index >= 15 is 0 Å². The maximum atomic E-state index is 12.5. The van der Waals surface area contributed by atoms with Gasteiger partial charge in [0.15, 0.2) is 0 Å². The number of nitrogens with one attached hydrogen (secondary N) is 1. The number of aliphatic hydroxyl groups excluding tert-OH is 2. The van der Waals surface area contributed by atoms with Crippen LogP contribution in [-0.2, 0) is 14.3 Å². The Morgan fingerprint density at radius 2 is 0.500 bits per heavy atom. The first kappa shape index (κ1) is 80.9. The van der Waals surface area contributed by atoms with Crippen molar-refractivity contribution < 1.29 is 24.5 Å². The average molecular weight is 1160 g/mol.